The minimum absolute atomic E-state index is 0.161. The predicted octanol–water partition coefficient (Wildman–Crippen LogP) is 4.02. The molecule has 1 aliphatic carbocycles. The molecule has 0 spiro atoms. The highest BCUT2D eigenvalue weighted by molar-refractivity contribution is 7.99. The minimum Gasteiger partial charge on any atom is -0.377 e. The lowest BCUT2D eigenvalue weighted by Crippen LogP contribution is -2.25. The number of thioether (sulfide) groups is 1. The summed E-state index contributed by atoms with van der Waals surface area (Å²) in [5.74, 6) is 0.892. The Morgan fingerprint density at radius 2 is 2.17 bits per heavy atom. The lowest BCUT2D eigenvalue weighted by atomic mass is 9.97. The molecule has 0 bridgehead atoms. The standard InChI is InChI=1S/C18H24N2O2S2/c1-2-20-17(21)15-13-8-3-4-9-14(13)24-16(15)19-18(20)23-11-12-7-5-6-10-22-12/h12H,2-11H2,1H3/t12-/m1/s1. The van der Waals surface area contributed by atoms with Gasteiger partial charge >= 0.3 is 0 Å². The summed E-state index contributed by atoms with van der Waals surface area (Å²) in [5, 5.41) is 1.76. The van der Waals surface area contributed by atoms with Crippen molar-refractivity contribution in [2.75, 3.05) is 12.4 Å². The van der Waals surface area contributed by atoms with Gasteiger partial charge in [-0.15, -0.1) is 11.3 Å². The van der Waals surface area contributed by atoms with Gasteiger partial charge in [-0.1, -0.05) is 11.8 Å². The van der Waals surface area contributed by atoms with Crippen LogP contribution in [0.3, 0.4) is 0 Å². The third-order valence-electron chi connectivity index (χ3n) is 5.03. The third-order valence-corrected chi connectivity index (χ3v) is 7.32. The van der Waals surface area contributed by atoms with Crippen LogP contribution in [0.15, 0.2) is 9.95 Å². The topological polar surface area (TPSA) is 44.1 Å². The van der Waals surface area contributed by atoms with E-state index in [1.54, 1.807) is 23.1 Å². The molecule has 2 aromatic heterocycles. The molecule has 1 aliphatic heterocycles. The number of aromatic nitrogens is 2. The first-order valence-corrected chi connectivity index (χ1v) is 10.9. The summed E-state index contributed by atoms with van der Waals surface area (Å²) in [7, 11) is 0. The van der Waals surface area contributed by atoms with E-state index in [1.807, 2.05) is 11.5 Å². The summed E-state index contributed by atoms with van der Waals surface area (Å²) in [6.07, 6.45) is 8.43. The van der Waals surface area contributed by atoms with E-state index in [9.17, 15) is 4.79 Å². The van der Waals surface area contributed by atoms with E-state index < -0.39 is 0 Å². The van der Waals surface area contributed by atoms with E-state index >= 15 is 0 Å². The number of thiophene rings is 1. The van der Waals surface area contributed by atoms with Crippen LogP contribution in [0.25, 0.3) is 10.2 Å². The Morgan fingerprint density at radius 3 is 2.96 bits per heavy atom. The van der Waals surface area contributed by atoms with E-state index in [0.29, 0.717) is 12.6 Å². The van der Waals surface area contributed by atoms with Crippen molar-refractivity contribution in [1.82, 2.24) is 9.55 Å². The molecule has 0 N–H and O–H groups in total. The maximum atomic E-state index is 13.0. The number of rotatable bonds is 4. The van der Waals surface area contributed by atoms with E-state index in [-0.39, 0.29) is 5.56 Å². The van der Waals surface area contributed by atoms with Gasteiger partial charge in [-0.2, -0.15) is 0 Å². The average Bonchev–Trinajstić information content (AvgIpc) is 2.99. The van der Waals surface area contributed by atoms with Crippen LogP contribution in [0, 0.1) is 0 Å². The van der Waals surface area contributed by atoms with Crippen LogP contribution >= 0.6 is 23.1 Å². The lowest BCUT2D eigenvalue weighted by Gasteiger charge is -2.22. The maximum absolute atomic E-state index is 13.0. The molecule has 3 heterocycles. The molecule has 0 radical (unpaired) electrons. The summed E-state index contributed by atoms with van der Waals surface area (Å²) in [6, 6.07) is 0. The second-order valence-corrected chi connectivity index (χ2v) is 8.71. The Hall–Kier alpha value is -0.850. The number of ether oxygens (including phenoxy) is 1. The Morgan fingerprint density at radius 1 is 1.29 bits per heavy atom. The molecule has 0 unspecified atom stereocenters. The molecule has 4 nitrogen and oxygen atoms in total. The van der Waals surface area contributed by atoms with Gasteiger partial charge in [0.25, 0.3) is 5.56 Å². The number of hydrogen-bond acceptors (Lipinski definition) is 5. The van der Waals surface area contributed by atoms with Crippen LogP contribution in [-0.4, -0.2) is 28.0 Å². The highest BCUT2D eigenvalue weighted by Crippen LogP contribution is 2.35. The minimum atomic E-state index is 0.161. The van der Waals surface area contributed by atoms with Crippen molar-refractivity contribution < 1.29 is 4.74 Å². The van der Waals surface area contributed by atoms with Crippen molar-refractivity contribution >= 4 is 33.3 Å². The van der Waals surface area contributed by atoms with E-state index in [1.165, 1.54) is 36.1 Å². The van der Waals surface area contributed by atoms with Gasteiger partial charge in [0.05, 0.1) is 11.5 Å². The van der Waals surface area contributed by atoms with Gasteiger partial charge in [0.2, 0.25) is 0 Å². The van der Waals surface area contributed by atoms with Gasteiger partial charge < -0.3 is 4.74 Å². The SMILES string of the molecule is CCn1c(SC[C@H]2CCCCO2)nc2sc3c(c2c1=O)CCCC3. The lowest BCUT2D eigenvalue weighted by molar-refractivity contribution is 0.0315. The van der Waals surface area contributed by atoms with Crippen LogP contribution in [-0.2, 0) is 24.1 Å². The number of aryl methyl sites for hydroxylation is 2. The molecule has 0 amide bonds. The fourth-order valence-electron chi connectivity index (χ4n) is 3.72. The second-order valence-electron chi connectivity index (χ2n) is 6.63. The molecule has 0 saturated carbocycles. The molecule has 130 valence electrons. The number of fused-ring (bicyclic) bond motifs is 3. The Balaban J connectivity index is 1.68. The molecule has 2 aliphatic rings. The fraction of sp³-hybridized carbons (Fsp3) is 0.667. The highest BCUT2D eigenvalue weighted by Gasteiger charge is 2.22. The highest BCUT2D eigenvalue weighted by atomic mass is 32.2. The van der Waals surface area contributed by atoms with E-state index in [4.69, 9.17) is 9.72 Å². The van der Waals surface area contributed by atoms with Gasteiger partial charge in [0.15, 0.2) is 5.16 Å². The smallest absolute Gasteiger partial charge is 0.263 e. The van der Waals surface area contributed by atoms with Crippen LogP contribution in [0.1, 0.15) is 49.5 Å². The van der Waals surface area contributed by atoms with Crippen molar-refractivity contribution in [2.45, 2.75) is 69.7 Å². The summed E-state index contributed by atoms with van der Waals surface area (Å²) >= 11 is 3.43. The molecule has 1 fully saturated rings. The van der Waals surface area contributed by atoms with Crippen LogP contribution < -0.4 is 5.56 Å². The summed E-state index contributed by atoms with van der Waals surface area (Å²) in [5.41, 5.74) is 1.45. The summed E-state index contributed by atoms with van der Waals surface area (Å²) in [6.45, 7) is 3.59. The maximum Gasteiger partial charge on any atom is 0.263 e. The van der Waals surface area contributed by atoms with Gasteiger partial charge in [0, 0.05) is 23.8 Å². The van der Waals surface area contributed by atoms with Gasteiger partial charge in [-0.05, 0) is 57.4 Å². The number of hydrogen-bond donors (Lipinski definition) is 0. The summed E-state index contributed by atoms with van der Waals surface area (Å²) < 4.78 is 7.68. The molecule has 2 aromatic rings. The first-order chi connectivity index (χ1) is 11.8. The molecule has 4 rings (SSSR count). The fourth-order valence-corrected chi connectivity index (χ4v) is 6.15. The monoisotopic (exact) mass is 364 g/mol. The van der Waals surface area contributed by atoms with Crippen molar-refractivity contribution in [2.24, 2.45) is 0 Å². The van der Waals surface area contributed by atoms with Crippen molar-refractivity contribution in [3.63, 3.8) is 0 Å². The molecule has 1 saturated heterocycles. The molecule has 0 aromatic carbocycles. The van der Waals surface area contributed by atoms with Crippen molar-refractivity contribution in [1.29, 1.82) is 0 Å². The largest absolute Gasteiger partial charge is 0.377 e. The number of nitrogens with zero attached hydrogens (tertiary/aromatic N) is 2. The second kappa shape index (κ2) is 7.18. The summed E-state index contributed by atoms with van der Waals surface area (Å²) in [4.78, 5) is 20.3. The van der Waals surface area contributed by atoms with Crippen LogP contribution in [0.5, 0.6) is 0 Å². The van der Waals surface area contributed by atoms with Crippen LogP contribution in [0.4, 0.5) is 0 Å². The Kier molecular flexibility index (Phi) is 4.97. The Bertz CT molecular complexity index is 790. The molecular weight excluding hydrogens is 340 g/mol. The van der Waals surface area contributed by atoms with Crippen molar-refractivity contribution in [3.05, 3.63) is 20.8 Å². The van der Waals surface area contributed by atoms with Crippen LogP contribution in [0.2, 0.25) is 0 Å². The predicted molar refractivity (Wildman–Crippen MR) is 101 cm³/mol. The molecular formula is C18H24N2O2S2. The average molecular weight is 365 g/mol. The van der Waals surface area contributed by atoms with Crippen molar-refractivity contribution in [3.8, 4) is 0 Å². The first-order valence-electron chi connectivity index (χ1n) is 9.07. The first kappa shape index (κ1) is 16.6. The van der Waals surface area contributed by atoms with E-state index in [0.717, 1.165) is 47.0 Å². The zero-order valence-corrected chi connectivity index (χ0v) is 15.8. The third kappa shape index (κ3) is 3.04. The van der Waals surface area contributed by atoms with Gasteiger partial charge in [0.1, 0.15) is 4.83 Å². The normalized spacial score (nSPS) is 21.1. The molecule has 1 atom stereocenters. The van der Waals surface area contributed by atoms with E-state index in [2.05, 4.69) is 0 Å². The molecule has 24 heavy (non-hydrogen) atoms. The zero-order valence-electron chi connectivity index (χ0n) is 14.2. The molecule has 6 heteroatoms. The van der Waals surface area contributed by atoms with Gasteiger partial charge in [-0.25, -0.2) is 4.98 Å². The quantitative estimate of drug-likeness (QED) is 0.607. The Labute approximate surface area is 150 Å². The zero-order chi connectivity index (χ0) is 16.5. The van der Waals surface area contributed by atoms with Gasteiger partial charge in [-0.3, -0.25) is 9.36 Å².